The van der Waals surface area contributed by atoms with Crippen molar-refractivity contribution >= 4 is 23.2 Å². The molecule has 7 nitrogen and oxygen atoms in total. The molecule has 0 aliphatic heterocycles. The predicted molar refractivity (Wildman–Crippen MR) is 68.3 cm³/mol. The van der Waals surface area contributed by atoms with E-state index in [0.29, 0.717) is 0 Å². The third-order valence-corrected chi connectivity index (χ3v) is 2.64. The Bertz CT molecular complexity index is 480. The lowest BCUT2D eigenvalue weighted by molar-refractivity contribution is -0.385. The van der Waals surface area contributed by atoms with E-state index in [9.17, 15) is 14.9 Å². The Balaban J connectivity index is 3.00. The van der Waals surface area contributed by atoms with Crippen LogP contribution in [0.4, 0.5) is 5.69 Å². The molecule has 0 spiro atoms. The van der Waals surface area contributed by atoms with Gasteiger partial charge < -0.3 is 15.2 Å². The first kappa shape index (κ1) is 15.4. The molecule has 0 saturated heterocycles. The average molecular weight is 289 g/mol. The number of methoxy groups -OCH3 is 1. The highest BCUT2D eigenvalue weighted by molar-refractivity contribution is 6.33. The Kier molecular flexibility index (Phi) is 5.68. The van der Waals surface area contributed by atoms with Gasteiger partial charge in [0.1, 0.15) is 10.6 Å². The van der Waals surface area contributed by atoms with Crippen molar-refractivity contribution in [3.05, 3.63) is 38.9 Å². The quantitative estimate of drug-likeness (QED) is 0.600. The first-order chi connectivity index (χ1) is 9.01. The van der Waals surface area contributed by atoms with Crippen LogP contribution in [-0.4, -0.2) is 42.3 Å². The van der Waals surface area contributed by atoms with Gasteiger partial charge in [-0.1, -0.05) is 17.7 Å². The number of hydrogen-bond acceptors (Lipinski definition) is 5. The Morgan fingerprint density at radius 1 is 1.63 bits per heavy atom. The molecule has 1 atom stereocenters. The lowest BCUT2D eigenvalue weighted by Gasteiger charge is -2.15. The maximum absolute atomic E-state index is 11.9. The fourth-order valence-electron chi connectivity index (χ4n) is 1.49. The number of ether oxygens (including phenoxy) is 1. The highest BCUT2D eigenvalue weighted by Gasteiger charge is 2.24. The van der Waals surface area contributed by atoms with Crippen LogP contribution in [0.25, 0.3) is 0 Å². The summed E-state index contributed by atoms with van der Waals surface area (Å²) in [6.45, 7) is -0.245. The van der Waals surface area contributed by atoms with Crippen molar-refractivity contribution < 1.29 is 19.6 Å². The van der Waals surface area contributed by atoms with E-state index in [-0.39, 0.29) is 23.8 Å². The summed E-state index contributed by atoms with van der Waals surface area (Å²) in [6.07, 6.45) is 0. The zero-order chi connectivity index (χ0) is 14.4. The molecule has 1 rings (SSSR count). The van der Waals surface area contributed by atoms with Crippen molar-refractivity contribution in [1.82, 2.24) is 5.32 Å². The highest BCUT2D eigenvalue weighted by atomic mass is 35.5. The number of amides is 1. The summed E-state index contributed by atoms with van der Waals surface area (Å²) in [5.41, 5.74) is -0.622. The van der Waals surface area contributed by atoms with Crippen molar-refractivity contribution in [3.63, 3.8) is 0 Å². The van der Waals surface area contributed by atoms with Crippen LogP contribution in [0.3, 0.4) is 0 Å². The molecule has 1 aromatic rings. The van der Waals surface area contributed by atoms with E-state index in [1.807, 2.05) is 0 Å². The average Bonchev–Trinajstić information content (AvgIpc) is 2.37. The summed E-state index contributed by atoms with van der Waals surface area (Å²) < 4.78 is 4.80. The topological polar surface area (TPSA) is 102 Å². The van der Waals surface area contributed by atoms with Crippen LogP contribution in [-0.2, 0) is 4.74 Å². The number of carbonyl (C=O) groups is 1. The third kappa shape index (κ3) is 3.88. The Morgan fingerprint density at radius 3 is 2.84 bits per heavy atom. The maximum atomic E-state index is 11.9. The standard InChI is InChI=1S/C11H13ClN2O5/c1-19-6-7(5-15)13-11(16)8-3-2-4-9(12)10(8)14(17)18/h2-4,7,15H,5-6H2,1H3,(H,13,16). The zero-order valence-corrected chi connectivity index (χ0v) is 10.9. The van der Waals surface area contributed by atoms with Gasteiger partial charge in [-0.15, -0.1) is 0 Å². The number of rotatable bonds is 6. The fraction of sp³-hybridized carbons (Fsp3) is 0.364. The molecular formula is C11H13ClN2O5. The van der Waals surface area contributed by atoms with E-state index in [2.05, 4.69) is 5.32 Å². The van der Waals surface area contributed by atoms with Gasteiger partial charge in [-0.3, -0.25) is 14.9 Å². The van der Waals surface area contributed by atoms with Gasteiger partial charge in [-0.05, 0) is 12.1 Å². The number of carbonyl (C=O) groups excluding carboxylic acids is 1. The molecule has 0 aliphatic carbocycles. The van der Waals surface area contributed by atoms with Crippen LogP contribution < -0.4 is 5.32 Å². The number of aliphatic hydroxyl groups excluding tert-OH is 1. The summed E-state index contributed by atoms with van der Waals surface area (Å²) >= 11 is 5.70. The maximum Gasteiger partial charge on any atom is 0.300 e. The molecule has 1 amide bonds. The van der Waals surface area contributed by atoms with E-state index in [1.165, 1.54) is 25.3 Å². The van der Waals surface area contributed by atoms with Crippen molar-refractivity contribution in [2.24, 2.45) is 0 Å². The number of nitro benzene ring substituents is 1. The molecule has 0 aromatic heterocycles. The number of benzene rings is 1. The fourth-order valence-corrected chi connectivity index (χ4v) is 1.73. The van der Waals surface area contributed by atoms with Crippen LogP contribution in [0.15, 0.2) is 18.2 Å². The highest BCUT2D eigenvalue weighted by Crippen LogP contribution is 2.28. The van der Waals surface area contributed by atoms with E-state index in [0.717, 1.165) is 0 Å². The Labute approximate surface area is 114 Å². The van der Waals surface area contributed by atoms with E-state index in [1.54, 1.807) is 0 Å². The summed E-state index contributed by atoms with van der Waals surface area (Å²) in [5.74, 6) is -0.690. The van der Waals surface area contributed by atoms with E-state index in [4.69, 9.17) is 21.4 Å². The van der Waals surface area contributed by atoms with Crippen molar-refractivity contribution in [2.75, 3.05) is 20.3 Å². The number of nitrogens with zero attached hydrogens (tertiary/aromatic N) is 1. The third-order valence-electron chi connectivity index (χ3n) is 2.34. The lowest BCUT2D eigenvalue weighted by Crippen LogP contribution is -2.40. The Morgan fingerprint density at radius 2 is 2.32 bits per heavy atom. The second kappa shape index (κ2) is 7.03. The van der Waals surface area contributed by atoms with Crippen LogP contribution in [0.5, 0.6) is 0 Å². The molecule has 0 radical (unpaired) electrons. The van der Waals surface area contributed by atoms with Crippen LogP contribution in [0, 0.1) is 10.1 Å². The Hall–Kier alpha value is -1.70. The number of halogens is 1. The van der Waals surface area contributed by atoms with Gasteiger partial charge in [-0.2, -0.15) is 0 Å². The molecule has 0 aliphatic rings. The zero-order valence-electron chi connectivity index (χ0n) is 10.1. The number of nitro groups is 1. The van der Waals surface area contributed by atoms with Gasteiger partial charge in [0.2, 0.25) is 0 Å². The number of aliphatic hydroxyl groups is 1. The van der Waals surface area contributed by atoms with Gasteiger partial charge in [-0.25, -0.2) is 0 Å². The molecule has 1 aromatic carbocycles. The molecule has 19 heavy (non-hydrogen) atoms. The number of nitrogens with one attached hydrogen (secondary N) is 1. The second-order valence-corrected chi connectivity index (χ2v) is 4.11. The van der Waals surface area contributed by atoms with Crippen molar-refractivity contribution in [3.8, 4) is 0 Å². The molecule has 0 fully saturated rings. The summed E-state index contributed by atoms with van der Waals surface area (Å²) in [6, 6.07) is 3.42. The van der Waals surface area contributed by atoms with Crippen molar-refractivity contribution in [1.29, 1.82) is 0 Å². The smallest absolute Gasteiger partial charge is 0.300 e. The van der Waals surface area contributed by atoms with E-state index >= 15 is 0 Å². The van der Waals surface area contributed by atoms with Gasteiger partial charge in [0, 0.05) is 7.11 Å². The van der Waals surface area contributed by atoms with Gasteiger partial charge >= 0.3 is 5.69 Å². The summed E-state index contributed by atoms with van der Waals surface area (Å²) in [4.78, 5) is 22.1. The van der Waals surface area contributed by atoms with Crippen LogP contribution >= 0.6 is 11.6 Å². The monoisotopic (exact) mass is 288 g/mol. The SMILES string of the molecule is COCC(CO)NC(=O)c1cccc(Cl)c1[N+](=O)[O-]. The van der Waals surface area contributed by atoms with Crippen LogP contribution in [0.1, 0.15) is 10.4 Å². The minimum absolute atomic E-state index is 0.0939. The largest absolute Gasteiger partial charge is 0.394 e. The van der Waals surface area contributed by atoms with Crippen LogP contribution in [0.2, 0.25) is 5.02 Å². The lowest BCUT2D eigenvalue weighted by atomic mass is 10.1. The van der Waals surface area contributed by atoms with Gasteiger partial charge in [0.05, 0.1) is 24.2 Å². The summed E-state index contributed by atoms with van der Waals surface area (Å²) in [5, 5.41) is 22.2. The van der Waals surface area contributed by atoms with E-state index < -0.39 is 22.6 Å². The predicted octanol–water partition coefficient (Wildman–Crippen LogP) is 0.985. The normalized spacial score (nSPS) is 11.9. The first-order valence-electron chi connectivity index (χ1n) is 5.34. The molecule has 2 N–H and O–H groups in total. The molecule has 1 unspecified atom stereocenters. The minimum atomic E-state index is -0.721. The molecule has 0 bridgehead atoms. The minimum Gasteiger partial charge on any atom is -0.394 e. The summed E-state index contributed by atoms with van der Waals surface area (Å²) in [7, 11) is 1.41. The molecule has 0 saturated carbocycles. The van der Waals surface area contributed by atoms with Gasteiger partial charge in [0.15, 0.2) is 0 Å². The van der Waals surface area contributed by atoms with Gasteiger partial charge in [0.25, 0.3) is 5.91 Å². The first-order valence-corrected chi connectivity index (χ1v) is 5.72. The van der Waals surface area contributed by atoms with Crippen molar-refractivity contribution in [2.45, 2.75) is 6.04 Å². The molecular weight excluding hydrogens is 276 g/mol. The second-order valence-electron chi connectivity index (χ2n) is 3.70. The molecule has 8 heteroatoms. The number of para-hydroxylation sites is 1. The number of hydrogen-bond donors (Lipinski definition) is 2. The molecule has 0 heterocycles. The molecule has 104 valence electrons.